The summed E-state index contributed by atoms with van der Waals surface area (Å²) in [6, 6.07) is 0. The van der Waals surface area contributed by atoms with Gasteiger partial charge in [0.15, 0.2) is 0 Å². The van der Waals surface area contributed by atoms with Gasteiger partial charge in [-0.05, 0) is 18.4 Å². The second kappa shape index (κ2) is 10.2. The molecule has 0 N–H and O–H groups in total. The van der Waals surface area contributed by atoms with Crippen molar-refractivity contribution in [2.24, 2.45) is 0 Å². The number of methoxy groups -OCH3 is 2. The van der Waals surface area contributed by atoms with E-state index < -0.39 is 11.9 Å². The summed E-state index contributed by atoms with van der Waals surface area (Å²) < 4.78 is 9.04. The van der Waals surface area contributed by atoms with Gasteiger partial charge in [-0.2, -0.15) is 0 Å². The van der Waals surface area contributed by atoms with Gasteiger partial charge in [0, 0.05) is 0 Å². The molecule has 0 amide bonds. The molecule has 0 atom stereocenters. The summed E-state index contributed by atoms with van der Waals surface area (Å²) in [5, 5.41) is 0. The second-order valence-electron chi connectivity index (χ2n) is 2.67. The van der Waals surface area contributed by atoms with Gasteiger partial charge in [0.05, 0.1) is 14.2 Å². The molecule has 4 heteroatoms. The molecule has 0 heterocycles. The van der Waals surface area contributed by atoms with Crippen LogP contribution in [-0.2, 0) is 19.1 Å². The first-order valence-electron chi connectivity index (χ1n) is 4.50. The Bertz CT molecular complexity index is 230. The highest BCUT2D eigenvalue weighted by atomic mass is 16.5. The van der Waals surface area contributed by atoms with Crippen molar-refractivity contribution in [2.75, 3.05) is 14.2 Å². The topological polar surface area (TPSA) is 52.6 Å². The molecule has 0 spiro atoms. The van der Waals surface area contributed by atoms with Crippen molar-refractivity contribution in [1.29, 1.82) is 0 Å². The Balaban J connectivity index is -0.000000845. The minimum atomic E-state index is -0.629. The third-order valence-electron chi connectivity index (χ3n) is 1.99. The van der Waals surface area contributed by atoms with Crippen molar-refractivity contribution in [3.63, 3.8) is 0 Å². The fourth-order valence-corrected chi connectivity index (χ4v) is 1.18. The minimum Gasteiger partial charge on any atom is -0.465 e. The number of hydrogen-bond donors (Lipinski definition) is 0. The van der Waals surface area contributed by atoms with E-state index in [1.807, 2.05) is 13.8 Å². The van der Waals surface area contributed by atoms with Crippen LogP contribution in [0.2, 0.25) is 0 Å². The predicted molar refractivity (Wildman–Crippen MR) is 65.1 cm³/mol. The van der Waals surface area contributed by atoms with Crippen LogP contribution in [0.3, 0.4) is 0 Å². The zero-order valence-electron chi connectivity index (χ0n) is 9.05. The summed E-state index contributed by atoms with van der Waals surface area (Å²) in [5.41, 5.74) is 0.781. The van der Waals surface area contributed by atoms with E-state index in [1.165, 1.54) is 14.2 Å². The smallest absolute Gasteiger partial charge is 0.345 e. The average molecular weight is 232 g/mol. The summed E-state index contributed by atoms with van der Waals surface area (Å²) in [6.07, 6.45) is 1.27. The first kappa shape index (κ1) is 20.1. The van der Waals surface area contributed by atoms with E-state index in [9.17, 15) is 9.59 Å². The molecule has 0 saturated heterocycles. The molecule has 0 aromatic rings. The fraction of sp³-hybridized carbons (Fsp3) is 0.667. The van der Waals surface area contributed by atoms with Gasteiger partial charge in [0.1, 0.15) is 5.57 Å². The van der Waals surface area contributed by atoms with Crippen molar-refractivity contribution in [3.8, 4) is 0 Å². The van der Waals surface area contributed by atoms with Crippen LogP contribution < -0.4 is 0 Å². The molecule has 0 unspecified atom stereocenters. The minimum absolute atomic E-state index is 0. The Kier molecular flexibility index (Phi) is 12.8. The second-order valence-corrected chi connectivity index (χ2v) is 2.67. The Morgan fingerprint density at radius 3 is 1.38 bits per heavy atom. The van der Waals surface area contributed by atoms with Crippen molar-refractivity contribution in [2.45, 2.75) is 41.5 Å². The molecular formula is C12H24O4. The van der Waals surface area contributed by atoms with Crippen LogP contribution in [0.4, 0.5) is 0 Å². The van der Waals surface area contributed by atoms with Crippen molar-refractivity contribution in [3.05, 3.63) is 11.1 Å². The molecule has 0 aliphatic rings. The van der Waals surface area contributed by atoms with E-state index in [1.54, 1.807) is 0 Å². The summed E-state index contributed by atoms with van der Waals surface area (Å²) >= 11 is 0. The number of allylic oxidation sites excluding steroid dienone is 1. The summed E-state index contributed by atoms with van der Waals surface area (Å²) in [5.74, 6) is -1.26. The van der Waals surface area contributed by atoms with E-state index in [0.717, 1.165) is 5.57 Å². The molecule has 16 heavy (non-hydrogen) atoms. The lowest BCUT2D eigenvalue weighted by atomic mass is 10.0. The average Bonchev–Trinajstić information content (AvgIpc) is 2.23. The molecular weight excluding hydrogens is 208 g/mol. The molecule has 0 saturated carbocycles. The van der Waals surface area contributed by atoms with Crippen LogP contribution in [0.15, 0.2) is 11.1 Å². The van der Waals surface area contributed by atoms with Gasteiger partial charge in [0.2, 0.25) is 0 Å². The van der Waals surface area contributed by atoms with E-state index >= 15 is 0 Å². The zero-order chi connectivity index (χ0) is 11.1. The molecule has 0 rings (SSSR count). The van der Waals surface area contributed by atoms with Gasteiger partial charge in [-0.25, -0.2) is 9.59 Å². The van der Waals surface area contributed by atoms with Crippen LogP contribution in [0, 0.1) is 0 Å². The Morgan fingerprint density at radius 1 is 0.875 bits per heavy atom. The number of carbonyl (C=O) groups is 2. The van der Waals surface area contributed by atoms with Crippen LogP contribution in [0.5, 0.6) is 0 Å². The third kappa shape index (κ3) is 4.96. The monoisotopic (exact) mass is 232 g/mol. The molecule has 0 radical (unpaired) electrons. The first-order chi connectivity index (χ1) is 6.62. The van der Waals surface area contributed by atoms with E-state index in [2.05, 4.69) is 9.47 Å². The molecule has 0 aromatic heterocycles. The maximum absolute atomic E-state index is 11.3. The SMILES string of the molecule is C.C.CCC(CC)=C(C(=O)OC)C(=O)OC. The maximum atomic E-state index is 11.3. The third-order valence-corrected chi connectivity index (χ3v) is 1.99. The molecule has 4 nitrogen and oxygen atoms in total. The van der Waals surface area contributed by atoms with Crippen molar-refractivity contribution >= 4 is 11.9 Å². The lowest BCUT2D eigenvalue weighted by Crippen LogP contribution is -2.18. The van der Waals surface area contributed by atoms with Crippen molar-refractivity contribution in [1.82, 2.24) is 0 Å². The highest BCUT2D eigenvalue weighted by Gasteiger charge is 2.22. The Labute approximate surface area is 98.6 Å². The van der Waals surface area contributed by atoms with Crippen LogP contribution in [-0.4, -0.2) is 26.2 Å². The highest BCUT2D eigenvalue weighted by molar-refractivity contribution is 6.14. The lowest BCUT2D eigenvalue weighted by molar-refractivity contribution is -0.144. The summed E-state index contributed by atoms with van der Waals surface area (Å²) in [6.45, 7) is 3.76. The molecule has 0 aliphatic heterocycles. The van der Waals surface area contributed by atoms with Gasteiger partial charge in [-0.3, -0.25) is 0 Å². The van der Waals surface area contributed by atoms with E-state index in [4.69, 9.17) is 0 Å². The van der Waals surface area contributed by atoms with Gasteiger partial charge < -0.3 is 9.47 Å². The molecule has 96 valence electrons. The lowest BCUT2D eigenvalue weighted by Gasteiger charge is -2.08. The van der Waals surface area contributed by atoms with E-state index in [0.29, 0.717) is 12.8 Å². The number of carbonyl (C=O) groups excluding carboxylic acids is 2. The van der Waals surface area contributed by atoms with E-state index in [-0.39, 0.29) is 20.4 Å². The number of hydrogen-bond acceptors (Lipinski definition) is 4. The molecule has 0 fully saturated rings. The van der Waals surface area contributed by atoms with Gasteiger partial charge in [-0.15, -0.1) is 0 Å². The fourth-order valence-electron chi connectivity index (χ4n) is 1.18. The number of ether oxygens (including phenoxy) is 2. The van der Waals surface area contributed by atoms with Gasteiger partial charge in [-0.1, -0.05) is 28.7 Å². The van der Waals surface area contributed by atoms with Gasteiger partial charge in [0.25, 0.3) is 0 Å². The normalized spacial score (nSPS) is 8.00. The maximum Gasteiger partial charge on any atom is 0.345 e. The van der Waals surface area contributed by atoms with Crippen LogP contribution in [0.1, 0.15) is 41.5 Å². The molecule has 0 aliphatic carbocycles. The van der Waals surface area contributed by atoms with Gasteiger partial charge >= 0.3 is 11.9 Å². The Hall–Kier alpha value is -1.32. The zero-order valence-corrected chi connectivity index (χ0v) is 9.05. The standard InChI is InChI=1S/C10H16O4.2CH4/c1-5-7(6-2)8(9(11)13-3)10(12)14-4;;/h5-6H2,1-4H3;2*1H4. The highest BCUT2D eigenvalue weighted by Crippen LogP contribution is 2.15. The number of rotatable bonds is 4. The largest absolute Gasteiger partial charge is 0.465 e. The summed E-state index contributed by atoms with van der Waals surface area (Å²) in [4.78, 5) is 22.6. The summed E-state index contributed by atoms with van der Waals surface area (Å²) in [7, 11) is 2.49. The number of esters is 2. The van der Waals surface area contributed by atoms with Crippen LogP contribution >= 0.6 is 0 Å². The van der Waals surface area contributed by atoms with Crippen LogP contribution in [0.25, 0.3) is 0 Å². The molecule has 0 bridgehead atoms. The molecule has 0 aromatic carbocycles. The predicted octanol–water partition coefficient (Wildman–Crippen LogP) is 2.72. The first-order valence-corrected chi connectivity index (χ1v) is 4.50. The van der Waals surface area contributed by atoms with Crippen molar-refractivity contribution < 1.29 is 19.1 Å². The quantitative estimate of drug-likeness (QED) is 0.324. The Morgan fingerprint density at radius 2 is 1.19 bits per heavy atom.